The summed E-state index contributed by atoms with van der Waals surface area (Å²) in [6, 6.07) is 0. The van der Waals surface area contributed by atoms with E-state index in [0.717, 1.165) is 44.9 Å². The molecule has 214 valence electrons. The highest BCUT2D eigenvalue weighted by Gasteiger charge is 2.81. The third kappa shape index (κ3) is 3.82. The molecular formula is C32H39NO7. The third-order valence-electron chi connectivity index (χ3n) is 11.0. The van der Waals surface area contributed by atoms with Crippen molar-refractivity contribution >= 4 is 17.8 Å². The Kier molecular flexibility index (Phi) is 5.83. The highest BCUT2D eigenvalue weighted by molar-refractivity contribution is 5.92. The van der Waals surface area contributed by atoms with Crippen LogP contribution in [0.5, 0.6) is 0 Å². The Morgan fingerprint density at radius 3 is 2.60 bits per heavy atom. The van der Waals surface area contributed by atoms with Gasteiger partial charge in [-0.05, 0) is 65.2 Å². The standard InChI is InChI=1S/C32H39NO7/c1-17-21-11-9-19(7-5-13-30(3)27(39-30)25(21)37-28(17)35)16-33-24(34)12-10-20-8-6-14-31(4)32(40-31)23(20)15-22-18(2)29(36)38-26(22)32/h7-8,21-23,25-27H,1-2,5-6,9-16H2,3-4H3,(H,33,34)/b19-7+/t21-,22-,23?,25-,26-,27-,30+,31+,32-/m0/s1. The largest absolute Gasteiger partial charge is 0.455 e. The monoisotopic (exact) mass is 549 g/mol. The van der Waals surface area contributed by atoms with Gasteiger partial charge >= 0.3 is 11.9 Å². The van der Waals surface area contributed by atoms with Gasteiger partial charge in [0.2, 0.25) is 5.91 Å². The van der Waals surface area contributed by atoms with E-state index in [4.69, 9.17) is 18.9 Å². The van der Waals surface area contributed by atoms with Gasteiger partial charge in [0.15, 0.2) is 0 Å². The Hall–Kier alpha value is -2.71. The smallest absolute Gasteiger partial charge is 0.334 e. The van der Waals surface area contributed by atoms with Crippen LogP contribution in [-0.4, -0.2) is 59.5 Å². The van der Waals surface area contributed by atoms with Gasteiger partial charge in [0.25, 0.3) is 0 Å². The maximum Gasteiger partial charge on any atom is 0.334 e. The molecule has 8 heteroatoms. The maximum atomic E-state index is 13.0. The topological polar surface area (TPSA) is 107 Å². The Labute approximate surface area is 235 Å². The zero-order valence-electron chi connectivity index (χ0n) is 23.5. The number of hydrogen-bond acceptors (Lipinski definition) is 7. The van der Waals surface area contributed by atoms with E-state index in [1.165, 1.54) is 11.1 Å². The number of ether oxygens (including phenoxy) is 4. The summed E-state index contributed by atoms with van der Waals surface area (Å²) >= 11 is 0. The molecule has 0 aromatic heterocycles. The number of carbonyl (C=O) groups is 3. The first kappa shape index (κ1) is 26.2. The second kappa shape index (κ2) is 8.89. The molecule has 4 aliphatic heterocycles. The Morgan fingerprint density at radius 2 is 1.77 bits per heavy atom. The molecule has 1 saturated carbocycles. The summed E-state index contributed by atoms with van der Waals surface area (Å²) in [7, 11) is 0. The summed E-state index contributed by atoms with van der Waals surface area (Å²) < 4.78 is 23.9. The van der Waals surface area contributed by atoms with E-state index < -0.39 is 5.60 Å². The molecule has 5 fully saturated rings. The average molecular weight is 550 g/mol. The van der Waals surface area contributed by atoms with Gasteiger partial charge < -0.3 is 24.3 Å². The van der Waals surface area contributed by atoms with Crippen molar-refractivity contribution in [1.82, 2.24) is 5.32 Å². The second-order valence-corrected chi connectivity index (χ2v) is 13.3. The van der Waals surface area contributed by atoms with Crippen LogP contribution < -0.4 is 5.32 Å². The fourth-order valence-electron chi connectivity index (χ4n) is 8.50. The van der Waals surface area contributed by atoms with Crippen LogP contribution in [0.3, 0.4) is 0 Å². The number of hydrogen-bond donors (Lipinski definition) is 1. The van der Waals surface area contributed by atoms with Crippen molar-refractivity contribution < 1.29 is 33.3 Å². The second-order valence-electron chi connectivity index (χ2n) is 13.3. The molecule has 8 nitrogen and oxygen atoms in total. The third-order valence-corrected chi connectivity index (χ3v) is 11.0. The molecule has 1 amide bonds. The lowest BCUT2D eigenvalue weighted by atomic mass is 9.79. The van der Waals surface area contributed by atoms with E-state index in [9.17, 15) is 14.4 Å². The van der Waals surface area contributed by atoms with Crippen molar-refractivity contribution in [3.05, 3.63) is 47.6 Å². The minimum Gasteiger partial charge on any atom is -0.455 e. The summed E-state index contributed by atoms with van der Waals surface area (Å²) in [6.45, 7) is 12.7. The van der Waals surface area contributed by atoms with Gasteiger partial charge in [-0.1, -0.05) is 36.5 Å². The lowest BCUT2D eigenvalue weighted by Gasteiger charge is -2.24. The van der Waals surface area contributed by atoms with E-state index in [1.54, 1.807) is 0 Å². The molecule has 1 unspecified atom stereocenters. The van der Waals surface area contributed by atoms with E-state index in [1.807, 2.05) is 0 Å². The van der Waals surface area contributed by atoms with Gasteiger partial charge in [-0.3, -0.25) is 4.79 Å². The lowest BCUT2D eigenvalue weighted by Crippen LogP contribution is -2.39. The molecule has 3 aliphatic carbocycles. The molecule has 0 aromatic rings. The first-order valence-electron chi connectivity index (χ1n) is 14.9. The van der Waals surface area contributed by atoms with E-state index in [2.05, 4.69) is 44.5 Å². The molecule has 0 aromatic carbocycles. The maximum absolute atomic E-state index is 13.0. The van der Waals surface area contributed by atoms with E-state index in [0.29, 0.717) is 30.5 Å². The van der Waals surface area contributed by atoms with Crippen LogP contribution in [0.1, 0.15) is 71.6 Å². The minimum atomic E-state index is -0.486. The molecule has 4 saturated heterocycles. The van der Waals surface area contributed by atoms with Crippen molar-refractivity contribution in [3.8, 4) is 0 Å². The normalized spacial score (nSPS) is 46.2. The Bertz CT molecular complexity index is 1280. The molecule has 40 heavy (non-hydrogen) atoms. The van der Waals surface area contributed by atoms with Crippen LogP contribution in [0.2, 0.25) is 0 Å². The van der Waals surface area contributed by atoms with Crippen LogP contribution >= 0.6 is 0 Å². The van der Waals surface area contributed by atoms with E-state index in [-0.39, 0.29) is 65.1 Å². The molecule has 9 atom stereocenters. The summed E-state index contributed by atoms with van der Waals surface area (Å²) in [5, 5.41) is 3.14. The van der Waals surface area contributed by atoms with Crippen molar-refractivity contribution in [3.63, 3.8) is 0 Å². The van der Waals surface area contributed by atoms with Crippen molar-refractivity contribution in [1.29, 1.82) is 0 Å². The van der Waals surface area contributed by atoms with Crippen LogP contribution in [-0.2, 0) is 33.3 Å². The molecule has 7 rings (SSSR count). The molecule has 1 N–H and O–H groups in total. The SMILES string of the molecule is C=C1C(=O)O[C@H]2[C@H]1CC/C(CNC(=O)CCC1=CCC[C@@]3(C)O[C@]34C1C[C@H]1C(=C)C(=O)O[C@@H]14)=C\CC[C@@]1(C)O[C@@H]21. The zero-order valence-corrected chi connectivity index (χ0v) is 23.5. The summed E-state index contributed by atoms with van der Waals surface area (Å²) in [6.07, 6.45) is 10.8. The fourth-order valence-corrected chi connectivity index (χ4v) is 8.50. The minimum absolute atomic E-state index is 0.0102. The number of fused-ring (bicyclic) bond motifs is 4. The van der Waals surface area contributed by atoms with Crippen LogP contribution in [0.15, 0.2) is 47.6 Å². The van der Waals surface area contributed by atoms with E-state index >= 15 is 0 Å². The van der Waals surface area contributed by atoms with Crippen molar-refractivity contribution in [2.24, 2.45) is 17.8 Å². The molecule has 0 bridgehead atoms. The van der Waals surface area contributed by atoms with Gasteiger partial charge in [0.1, 0.15) is 23.9 Å². The molecule has 4 heterocycles. The van der Waals surface area contributed by atoms with Crippen LogP contribution in [0, 0.1) is 17.8 Å². The zero-order chi connectivity index (χ0) is 28.0. The lowest BCUT2D eigenvalue weighted by molar-refractivity contribution is -0.142. The van der Waals surface area contributed by atoms with Gasteiger partial charge in [-0.2, -0.15) is 0 Å². The first-order chi connectivity index (χ1) is 19.1. The fraction of sp³-hybridized carbons (Fsp3) is 0.656. The summed E-state index contributed by atoms with van der Waals surface area (Å²) in [4.78, 5) is 37.5. The molecule has 0 radical (unpaired) electrons. The van der Waals surface area contributed by atoms with Crippen molar-refractivity contribution in [2.75, 3.05) is 6.54 Å². The van der Waals surface area contributed by atoms with Crippen LogP contribution in [0.4, 0.5) is 0 Å². The number of allylic oxidation sites excluding steroid dienone is 2. The number of amides is 1. The van der Waals surface area contributed by atoms with Crippen LogP contribution in [0.25, 0.3) is 0 Å². The van der Waals surface area contributed by atoms with Gasteiger partial charge in [0.05, 0.1) is 11.2 Å². The van der Waals surface area contributed by atoms with Gasteiger partial charge in [-0.15, -0.1) is 0 Å². The Balaban J connectivity index is 0.973. The Morgan fingerprint density at radius 1 is 1.02 bits per heavy atom. The molecule has 7 aliphatic rings. The number of rotatable bonds is 5. The summed E-state index contributed by atoms with van der Waals surface area (Å²) in [5.41, 5.74) is 2.45. The predicted molar refractivity (Wildman–Crippen MR) is 145 cm³/mol. The first-order valence-corrected chi connectivity index (χ1v) is 14.9. The average Bonchev–Trinajstić information content (AvgIpc) is 3.63. The quantitative estimate of drug-likeness (QED) is 0.239. The molecule has 1 spiro atoms. The van der Waals surface area contributed by atoms with Gasteiger partial charge in [0, 0.05) is 41.9 Å². The van der Waals surface area contributed by atoms with Gasteiger partial charge in [-0.25, -0.2) is 9.59 Å². The van der Waals surface area contributed by atoms with Crippen molar-refractivity contribution in [2.45, 2.75) is 107 Å². The highest BCUT2D eigenvalue weighted by atomic mass is 16.7. The summed E-state index contributed by atoms with van der Waals surface area (Å²) in [5.74, 6) is -0.515. The number of esters is 2. The number of carbonyl (C=O) groups excluding carboxylic acids is 3. The highest BCUT2D eigenvalue weighted by Crippen LogP contribution is 2.69. The predicted octanol–water partition coefficient (Wildman–Crippen LogP) is 4.00. The number of epoxide rings is 2. The molecular weight excluding hydrogens is 510 g/mol. The number of nitrogens with one attached hydrogen (secondary N) is 1.